The molecule has 2 fully saturated rings. The van der Waals surface area contributed by atoms with Crippen molar-refractivity contribution in [3.8, 4) is 0 Å². The highest BCUT2D eigenvalue weighted by molar-refractivity contribution is 5.93. The van der Waals surface area contributed by atoms with E-state index in [1.165, 1.54) is 17.6 Å². The van der Waals surface area contributed by atoms with Gasteiger partial charge in [0.15, 0.2) is 11.3 Å². The van der Waals surface area contributed by atoms with Gasteiger partial charge in [0.05, 0.1) is 29.5 Å². The predicted octanol–water partition coefficient (Wildman–Crippen LogP) is 3.86. The molecule has 0 radical (unpaired) electrons. The molecule has 1 aliphatic carbocycles. The Balaban J connectivity index is 1.29. The second-order valence-corrected chi connectivity index (χ2v) is 12.3. The number of amides is 2. The molecule has 4 aromatic heterocycles. The maximum atomic E-state index is 14.0. The largest absolute Gasteiger partial charge is 0.423 e. The fourth-order valence-electron chi connectivity index (χ4n) is 6.36. The minimum atomic E-state index is -4.68. The molecule has 0 unspecified atom stereocenters. The summed E-state index contributed by atoms with van der Waals surface area (Å²) in [4.78, 5) is 31.0. The van der Waals surface area contributed by atoms with Crippen LogP contribution in [0.15, 0.2) is 27.5 Å². The van der Waals surface area contributed by atoms with E-state index in [2.05, 4.69) is 45.9 Å². The van der Waals surface area contributed by atoms with Crippen molar-refractivity contribution in [3.63, 3.8) is 0 Å². The first-order valence-corrected chi connectivity index (χ1v) is 15.3. The van der Waals surface area contributed by atoms with E-state index < -0.39 is 53.8 Å². The highest BCUT2D eigenvalue weighted by Gasteiger charge is 2.56. The van der Waals surface area contributed by atoms with Crippen LogP contribution in [0.1, 0.15) is 84.3 Å². The second kappa shape index (κ2) is 12.8. The molecule has 1 saturated carbocycles. The average Bonchev–Trinajstić information content (AvgIpc) is 3.82. The quantitative estimate of drug-likeness (QED) is 0.220. The van der Waals surface area contributed by atoms with Crippen LogP contribution in [0.2, 0.25) is 0 Å². The number of nitrogens with one attached hydrogen (secondary N) is 2. The Labute approximate surface area is 269 Å². The second-order valence-electron chi connectivity index (χ2n) is 12.3. The molecule has 3 atom stereocenters. The van der Waals surface area contributed by atoms with Crippen LogP contribution >= 0.6 is 0 Å². The highest BCUT2D eigenvalue weighted by Crippen LogP contribution is 2.43. The Morgan fingerprint density at radius 3 is 2.60 bits per heavy atom. The number of hydrogen-bond acceptors (Lipinski definition) is 11. The van der Waals surface area contributed by atoms with Crippen LogP contribution in [0.3, 0.4) is 0 Å². The number of nitrogens with zero attached hydrogens (tertiary/aromatic N) is 7. The minimum Gasteiger partial charge on any atom is -0.423 e. The van der Waals surface area contributed by atoms with Crippen LogP contribution in [0.4, 0.5) is 22.0 Å². The van der Waals surface area contributed by atoms with Crippen LogP contribution in [0.25, 0.3) is 5.65 Å². The molecule has 1 aliphatic heterocycles. The van der Waals surface area contributed by atoms with Crippen LogP contribution in [-0.2, 0) is 29.0 Å². The first-order chi connectivity index (χ1) is 22.7. The molecule has 48 heavy (non-hydrogen) atoms. The summed E-state index contributed by atoms with van der Waals surface area (Å²) in [6.07, 6.45) is -3.26. The number of fused-ring (bicyclic) bond motifs is 1. The Kier molecular flexibility index (Phi) is 8.90. The molecule has 5 heterocycles. The summed E-state index contributed by atoms with van der Waals surface area (Å²) < 4.78 is 86.3. The van der Waals surface area contributed by atoms with E-state index in [0.29, 0.717) is 17.9 Å². The first kappa shape index (κ1) is 33.4. The smallest absolute Gasteiger partial charge is 0.408 e. The lowest BCUT2D eigenvalue weighted by molar-refractivity contribution is -0.155. The lowest BCUT2D eigenvalue weighted by Crippen LogP contribution is -2.39. The number of imidazole rings is 1. The number of halogens is 5. The third-order valence-corrected chi connectivity index (χ3v) is 8.85. The van der Waals surface area contributed by atoms with Crippen molar-refractivity contribution in [1.29, 1.82) is 0 Å². The Morgan fingerprint density at radius 2 is 1.94 bits per heavy atom. The van der Waals surface area contributed by atoms with Crippen molar-refractivity contribution in [1.82, 2.24) is 45.7 Å². The van der Waals surface area contributed by atoms with Gasteiger partial charge < -0.3 is 19.8 Å². The number of aryl methyl sites for hydroxylation is 1. The topological polar surface area (TPSA) is 175 Å². The average molecular weight is 682 g/mol. The summed E-state index contributed by atoms with van der Waals surface area (Å²) in [7, 11) is 0. The van der Waals surface area contributed by atoms with Gasteiger partial charge in [-0.05, 0) is 62.2 Å². The zero-order valence-electron chi connectivity index (χ0n) is 25.9. The number of aromatic nitrogens is 7. The fourth-order valence-corrected chi connectivity index (χ4v) is 6.36. The molecular weight excluding hydrogens is 649 g/mol. The molecule has 2 aliphatic rings. The Morgan fingerprint density at radius 1 is 1.19 bits per heavy atom. The van der Waals surface area contributed by atoms with Gasteiger partial charge in [0, 0.05) is 25.9 Å². The summed E-state index contributed by atoms with van der Waals surface area (Å²) in [5.41, 5.74) is -0.442. The molecule has 2 amide bonds. The molecule has 19 heteroatoms. The monoisotopic (exact) mass is 681 g/mol. The summed E-state index contributed by atoms with van der Waals surface area (Å²) >= 11 is 0. The third kappa shape index (κ3) is 7.00. The van der Waals surface area contributed by atoms with Crippen molar-refractivity contribution >= 4 is 17.5 Å². The van der Waals surface area contributed by atoms with E-state index in [0.717, 1.165) is 0 Å². The Hall–Kier alpha value is -4.55. The van der Waals surface area contributed by atoms with Gasteiger partial charge in [0.2, 0.25) is 23.6 Å². The van der Waals surface area contributed by atoms with E-state index >= 15 is 0 Å². The zero-order chi connectivity index (χ0) is 34.3. The summed E-state index contributed by atoms with van der Waals surface area (Å²) in [5, 5.41) is 24.3. The predicted molar refractivity (Wildman–Crippen MR) is 151 cm³/mol. The maximum Gasteiger partial charge on any atom is 0.408 e. The van der Waals surface area contributed by atoms with Crippen LogP contribution in [-0.4, -0.2) is 71.7 Å². The van der Waals surface area contributed by atoms with Gasteiger partial charge in [0.25, 0.3) is 5.91 Å². The third-order valence-electron chi connectivity index (χ3n) is 8.85. The number of carbonyl (C=O) groups is 2. The SMILES string of the molecule is CCOCc1nnc(C[C@]2(Cc3cnn4cc([C@@H](NC(=O)c5nonc5C)C5CCC(F)(F)CC5)nc4c3)C[C@@H](C(F)(F)F)NC2=O)o1. The van der Waals surface area contributed by atoms with Gasteiger partial charge in [0.1, 0.15) is 18.3 Å². The van der Waals surface area contributed by atoms with Crippen molar-refractivity contribution in [2.75, 3.05) is 6.61 Å². The van der Waals surface area contributed by atoms with Gasteiger partial charge in [-0.25, -0.2) is 22.9 Å². The van der Waals surface area contributed by atoms with Crippen LogP contribution in [0.5, 0.6) is 0 Å². The van der Waals surface area contributed by atoms with Gasteiger partial charge in [-0.2, -0.15) is 18.3 Å². The van der Waals surface area contributed by atoms with Crippen molar-refractivity contribution in [3.05, 3.63) is 52.9 Å². The van der Waals surface area contributed by atoms with E-state index in [1.54, 1.807) is 19.2 Å². The fraction of sp³-hybridized carbons (Fsp3) is 0.586. The number of ether oxygens (including phenoxy) is 1. The van der Waals surface area contributed by atoms with E-state index in [9.17, 15) is 31.5 Å². The van der Waals surface area contributed by atoms with Crippen molar-refractivity contribution in [2.45, 2.75) is 89.6 Å². The molecule has 0 bridgehead atoms. The summed E-state index contributed by atoms with van der Waals surface area (Å²) in [5.74, 6) is -4.56. The molecule has 0 spiro atoms. The van der Waals surface area contributed by atoms with E-state index in [4.69, 9.17) is 9.15 Å². The minimum absolute atomic E-state index is 0.0104. The standard InChI is InChI=1S/C29H32F5N9O5/c1-3-46-14-22-40-39-21(47-22)11-27(10-19(29(32,33)34)37-26(27)45)9-16-8-20-36-18(13-43(20)35-12-16)24(17-4-6-28(30,31)7-5-17)38-25(44)23-15(2)41-48-42-23/h8,12-13,17,19,24H,3-7,9-11,14H2,1-2H3,(H,37,45)(H,38,44)/t19-,24-,27-/m0/s1. The molecular formula is C29H32F5N9O5. The van der Waals surface area contributed by atoms with Gasteiger partial charge >= 0.3 is 6.18 Å². The van der Waals surface area contributed by atoms with E-state index in [1.807, 2.05) is 0 Å². The molecule has 14 nitrogen and oxygen atoms in total. The molecule has 6 rings (SSSR count). The van der Waals surface area contributed by atoms with E-state index in [-0.39, 0.29) is 73.9 Å². The molecule has 4 aromatic rings. The highest BCUT2D eigenvalue weighted by atomic mass is 19.4. The number of alkyl halides is 5. The van der Waals surface area contributed by atoms with Crippen LogP contribution < -0.4 is 10.6 Å². The first-order valence-electron chi connectivity index (χ1n) is 15.3. The summed E-state index contributed by atoms with van der Waals surface area (Å²) in [6, 6.07) is -1.32. The molecule has 0 aromatic carbocycles. The van der Waals surface area contributed by atoms with Crippen LogP contribution in [0, 0.1) is 18.3 Å². The van der Waals surface area contributed by atoms with Crippen molar-refractivity contribution < 1.29 is 45.3 Å². The number of rotatable bonds is 11. The number of hydrogen-bond donors (Lipinski definition) is 2. The summed E-state index contributed by atoms with van der Waals surface area (Å²) in [6.45, 7) is 3.69. The normalized spacial score (nSPS) is 22.2. The molecule has 2 N–H and O–H groups in total. The van der Waals surface area contributed by atoms with Gasteiger partial charge in [-0.1, -0.05) is 5.16 Å². The Bertz CT molecular complexity index is 1780. The zero-order valence-corrected chi connectivity index (χ0v) is 25.9. The van der Waals surface area contributed by atoms with Gasteiger partial charge in [-0.15, -0.1) is 10.2 Å². The lowest BCUT2D eigenvalue weighted by atomic mass is 9.76. The lowest BCUT2D eigenvalue weighted by Gasteiger charge is -2.33. The molecule has 258 valence electrons. The maximum absolute atomic E-state index is 14.0. The number of carbonyl (C=O) groups excluding carboxylic acids is 2. The molecule has 1 saturated heterocycles. The van der Waals surface area contributed by atoms with Gasteiger partial charge in [-0.3, -0.25) is 9.59 Å². The van der Waals surface area contributed by atoms with Crippen molar-refractivity contribution in [2.24, 2.45) is 11.3 Å².